The molecule has 2 heterocycles. The SMILES string of the molecule is O=C(O)N1CCN(c2cncnc2)CC1. The second-order valence-corrected chi connectivity index (χ2v) is 3.35. The molecule has 0 radical (unpaired) electrons. The Kier molecular flexibility index (Phi) is 2.66. The van der Waals surface area contributed by atoms with Crippen LogP contribution in [0.3, 0.4) is 0 Å². The van der Waals surface area contributed by atoms with Gasteiger partial charge in [0.05, 0.1) is 18.1 Å². The molecule has 1 aliphatic heterocycles. The Morgan fingerprint density at radius 2 is 1.80 bits per heavy atom. The van der Waals surface area contributed by atoms with Gasteiger partial charge in [0, 0.05) is 26.2 Å². The summed E-state index contributed by atoms with van der Waals surface area (Å²) in [6.45, 7) is 2.45. The molecule has 0 unspecified atom stereocenters. The fourth-order valence-electron chi connectivity index (χ4n) is 1.61. The van der Waals surface area contributed by atoms with Crippen molar-refractivity contribution in [2.24, 2.45) is 0 Å². The summed E-state index contributed by atoms with van der Waals surface area (Å²) in [6.07, 6.45) is 4.11. The smallest absolute Gasteiger partial charge is 0.407 e. The summed E-state index contributed by atoms with van der Waals surface area (Å²) in [5.41, 5.74) is 0.947. The van der Waals surface area contributed by atoms with Crippen LogP contribution in [0.1, 0.15) is 0 Å². The van der Waals surface area contributed by atoms with Crippen molar-refractivity contribution in [2.45, 2.75) is 0 Å². The van der Waals surface area contributed by atoms with Crippen LogP contribution in [0.5, 0.6) is 0 Å². The van der Waals surface area contributed by atoms with E-state index in [9.17, 15) is 4.79 Å². The van der Waals surface area contributed by atoms with Crippen molar-refractivity contribution in [3.63, 3.8) is 0 Å². The van der Waals surface area contributed by atoms with E-state index in [1.807, 2.05) is 0 Å². The lowest BCUT2D eigenvalue weighted by Crippen LogP contribution is -2.48. The summed E-state index contributed by atoms with van der Waals surface area (Å²) in [6, 6.07) is 0. The van der Waals surface area contributed by atoms with Crippen LogP contribution in [0.15, 0.2) is 18.7 Å². The molecule has 0 atom stereocenters. The highest BCUT2D eigenvalue weighted by Gasteiger charge is 2.20. The van der Waals surface area contributed by atoms with Gasteiger partial charge in [-0.05, 0) is 0 Å². The number of nitrogens with zero attached hydrogens (tertiary/aromatic N) is 4. The number of rotatable bonds is 1. The van der Waals surface area contributed by atoms with Crippen molar-refractivity contribution in [1.29, 1.82) is 0 Å². The zero-order valence-electron chi connectivity index (χ0n) is 8.20. The zero-order chi connectivity index (χ0) is 10.7. The second kappa shape index (κ2) is 4.12. The lowest BCUT2D eigenvalue weighted by molar-refractivity contribution is 0.142. The molecule has 0 aliphatic carbocycles. The number of hydrogen-bond acceptors (Lipinski definition) is 4. The van der Waals surface area contributed by atoms with Crippen LogP contribution in [0.25, 0.3) is 0 Å². The molecule has 6 heteroatoms. The Bertz CT molecular complexity index is 335. The fraction of sp³-hybridized carbons (Fsp3) is 0.444. The summed E-state index contributed by atoms with van der Waals surface area (Å²) in [5, 5.41) is 8.78. The normalized spacial score (nSPS) is 16.5. The third-order valence-corrected chi connectivity index (χ3v) is 2.46. The van der Waals surface area contributed by atoms with Crippen molar-refractivity contribution < 1.29 is 9.90 Å². The van der Waals surface area contributed by atoms with Gasteiger partial charge in [0.15, 0.2) is 0 Å². The number of carbonyl (C=O) groups is 1. The van der Waals surface area contributed by atoms with E-state index in [2.05, 4.69) is 14.9 Å². The zero-order valence-corrected chi connectivity index (χ0v) is 8.20. The number of aromatic nitrogens is 2. The van der Waals surface area contributed by atoms with Gasteiger partial charge in [-0.15, -0.1) is 0 Å². The molecular formula is C9H12N4O2. The Hall–Kier alpha value is -1.85. The van der Waals surface area contributed by atoms with Crippen molar-refractivity contribution in [3.05, 3.63) is 18.7 Å². The van der Waals surface area contributed by atoms with Crippen LogP contribution < -0.4 is 4.90 Å². The highest BCUT2D eigenvalue weighted by Crippen LogP contribution is 2.12. The molecular weight excluding hydrogens is 196 g/mol. The minimum Gasteiger partial charge on any atom is -0.465 e. The Balaban J connectivity index is 1.97. The Morgan fingerprint density at radius 1 is 1.20 bits per heavy atom. The first kappa shape index (κ1) is 9.70. The van der Waals surface area contributed by atoms with Crippen molar-refractivity contribution >= 4 is 11.8 Å². The lowest BCUT2D eigenvalue weighted by Gasteiger charge is -2.34. The first-order valence-electron chi connectivity index (χ1n) is 4.75. The first-order valence-corrected chi connectivity index (χ1v) is 4.75. The van der Waals surface area contributed by atoms with E-state index in [4.69, 9.17) is 5.11 Å². The average Bonchev–Trinajstić information content (AvgIpc) is 2.30. The summed E-state index contributed by atoms with van der Waals surface area (Å²) in [7, 11) is 0. The molecule has 15 heavy (non-hydrogen) atoms. The predicted molar refractivity (Wildman–Crippen MR) is 53.8 cm³/mol. The summed E-state index contributed by atoms with van der Waals surface area (Å²) in [4.78, 5) is 22.0. The summed E-state index contributed by atoms with van der Waals surface area (Å²) < 4.78 is 0. The van der Waals surface area contributed by atoms with Gasteiger partial charge in [-0.3, -0.25) is 0 Å². The average molecular weight is 208 g/mol. The number of amides is 1. The van der Waals surface area contributed by atoms with Gasteiger partial charge < -0.3 is 14.9 Å². The van der Waals surface area contributed by atoms with Gasteiger partial charge in [-0.2, -0.15) is 0 Å². The van der Waals surface area contributed by atoms with Crippen molar-refractivity contribution in [1.82, 2.24) is 14.9 Å². The molecule has 6 nitrogen and oxygen atoms in total. The van der Waals surface area contributed by atoms with Gasteiger partial charge in [0.25, 0.3) is 0 Å². The number of carboxylic acid groups (broad SMARTS) is 1. The van der Waals surface area contributed by atoms with Crippen LogP contribution in [0.4, 0.5) is 10.5 Å². The van der Waals surface area contributed by atoms with Crippen LogP contribution in [0, 0.1) is 0 Å². The molecule has 1 N–H and O–H groups in total. The van der Waals surface area contributed by atoms with E-state index < -0.39 is 6.09 Å². The summed E-state index contributed by atoms with van der Waals surface area (Å²) >= 11 is 0. The van der Waals surface area contributed by atoms with Crippen LogP contribution in [-0.2, 0) is 0 Å². The molecule has 1 fully saturated rings. The maximum absolute atomic E-state index is 10.7. The maximum atomic E-state index is 10.7. The molecule has 1 aliphatic rings. The minimum absolute atomic E-state index is 0.532. The number of piperazine rings is 1. The first-order chi connectivity index (χ1) is 7.27. The highest BCUT2D eigenvalue weighted by molar-refractivity contribution is 5.65. The molecule has 0 bridgehead atoms. The molecule has 0 saturated carbocycles. The summed E-state index contributed by atoms with van der Waals surface area (Å²) in [5.74, 6) is 0. The third-order valence-electron chi connectivity index (χ3n) is 2.46. The van der Waals surface area contributed by atoms with Gasteiger partial charge in [0.2, 0.25) is 0 Å². The van der Waals surface area contributed by atoms with E-state index in [1.165, 1.54) is 11.2 Å². The molecule has 1 aromatic heterocycles. The van der Waals surface area contributed by atoms with Crippen LogP contribution in [-0.4, -0.2) is 52.2 Å². The molecule has 0 spiro atoms. The van der Waals surface area contributed by atoms with E-state index in [-0.39, 0.29) is 0 Å². The van der Waals surface area contributed by atoms with Crippen molar-refractivity contribution in [2.75, 3.05) is 31.1 Å². The quantitative estimate of drug-likeness (QED) is 0.717. The number of hydrogen-bond donors (Lipinski definition) is 1. The Morgan fingerprint density at radius 3 is 2.33 bits per heavy atom. The lowest BCUT2D eigenvalue weighted by atomic mass is 10.3. The standard InChI is InChI=1S/C9H12N4O2/c14-9(15)13-3-1-12(2-4-13)8-5-10-7-11-6-8/h5-7H,1-4H2,(H,14,15). The van der Waals surface area contributed by atoms with Crippen molar-refractivity contribution in [3.8, 4) is 0 Å². The van der Waals surface area contributed by atoms with Gasteiger partial charge >= 0.3 is 6.09 Å². The fourth-order valence-corrected chi connectivity index (χ4v) is 1.61. The van der Waals surface area contributed by atoms with E-state index in [1.54, 1.807) is 12.4 Å². The second-order valence-electron chi connectivity index (χ2n) is 3.35. The van der Waals surface area contributed by atoms with E-state index >= 15 is 0 Å². The minimum atomic E-state index is -0.848. The molecule has 80 valence electrons. The molecule has 1 amide bonds. The monoisotopic (exact) mass is 208 g/mol. The molecule has 0 aromatic carbocycles. The predicted octanol–water partition coefficient (Wildman–Crippen LogP) is 0.277. The van der Waals surface area contributed by atoms with Gasteiger partial charge in [-0.1, -0.05) is 0 Å². The molecule has 2 rings (SSSR count). The van der Waals surface area contributed by atoms with Gasteiger partial charge in [0.1, 0.15) is 6.33 Å². The van der Waals surface area contributed by atoms with Gasteiger partial charge in [-0.25, -0.2) is 14.8 Å². The van der Waals surface area contributed by atoms with Crippen LogP contribution >= 0.6 is 0 Å². The van der Waals surface area contributed by atoms with E-state index in [0.717, 1.165) is 5.69 Å². The topological polar surface area (TPSA) is 69.6 Å². The van der Waals surface area contributed by atoms with Crippen LogP contribution in [0.2, 0.25) is 0 Å². The maximum Gasteiger partial charge on any atom is 0.407 e. The highest BCUT2D eigenvalue weighted by atomic mass is 16.4. The largest absolute Gasteiger partial charge is 0.465 e. The van der Waals surface area contributed by atoms with E-state index in [0.29, 0.717) is 26.2 Å². The Labute approximate surface area is 87.2 Å². The molecule has 1 saturated heterocycles. The number of anilines is 1. The third kappa shape index (κ3) is 2.15. The molecule has 1 aromatic rings.